The van der Waals surface area contributed by atoms with Crippen LogP contribution in [0.2, 0.25) is 0 Å². The van der Waals surface area contributed by atoms with Crippen molar-refractivity contribution in [3.05, 3.63) is 62.7 Å². The predicted octanol–water partition coefficient (Wildman–Crippen LogP) is 5.78. The van der Waals surface area contributed by atoms with Gasteiger partial charge in [0.25, 0.3) is 0 Å². The number of carbonyl (C=O) groups is 2. The summed E-state index contributed by atoms with van der Waals surface area (Å²) < 4.78 is 51.5. The van der Waals surface area contributed by atoms with Crippen LogP contribution in [0.4, 0.5) is 18.0 Å². The van der Waals surface area contributed by atoms with Crippen LogP contribution < -0.4 is 15.7 Å². The molecule has 0 aliphatic rings. The molecule has 2 aromatic heterocycles. The average Bonchev–Trinajstić information content (AvgIpc) is 3.23. The molecule has 0 fully saturated rings. The number of aromatic hydroxyl groups is 1. The Morgan fingerprint density at radius 3 is 2.67 bits per heavy atom. The van der Waals surface area contributed by atoms with E-state index < -0.39 is 48.0 Å². The Bertz CT molecular complexity index is 1180. The van der Waals surface area contributed by atoms with Gasteiger partial charge in [-0.15, -0.1) is 0 Å². The molecular weight excluding hydrogens is 503 g/mol. The van der Waals surface area contributed by atoms with Crippen molar-refractivity contribution in [3.63, 3.8) is 0 Å². The van der Waals surface area contributed by atoms with Crippen LogP contribution >= 0.6 is 11.3 Å². The predicted molar refractivity (Wildman–Crippen MR) is 127 cm³/mol. The van der Waals surface area contributed by atoms with Crippen molar-refractivity contribution < 1.29 is 41.8 Å². The van der Waals surface area contributed by atoms with E-state index in [0.29, 0.717) is 17.7 Å². The molecule has 2 aromatic rings. The van der Waals surface area contributed by atoms with Crippen LogP contribution in [0.1, 0.15) is 60.0 Å². The average molecular weight is 530 g/mol. The van der Waals surface area contributed by atoms with Crippen LogP contribution in [-0.4, -0.2) is 36.9 Å². The van der Waals surface area contributed by atoms with Gasteiger partial charge in [0.1, 0.15) is 17.1 Å². The van der Waals surface area contributed by atoms with E-state index in [0.717, 1.165) is 11.3 Å². The summed E-state index contributed by atoms with van der Waals surface area (Å²) >= 11 is 1.04. The number of halogens is 3. The quantitative estimate of drug-likeness (QED) is 0.280. The minimum atomic E-state index is -4.32. The van der Waals surface area contributed by atoms with Crippen molar-refractivity contribution in [1.82, 2.24) is 5.32 Å². The number of alkyl halides is 3. The maximum absolute atomic E-state index is 12.8. The summed E-state index contributed by atoms with van der Waals surface area (Å²) in [4.78, 5) is 36.8. The zero-order valence-electron chi connectivity index (χ0n) is 19.8. The monoisotopic (exact) mass is 529 g/mol. The zero-order chi connectivity index (χ0) is 26.9. The van der Waals surface area contributed by atoms with Crippen molar-refractivity contribution in [2.24, 2.45) is 0 Å². The number of methoxy groups -OCH3 is 1. The molecule has 1 unspecified atom stereocenters. The first-order valence-corrected chi connectivity index (χ1v) is 11.6. The summed E-state index contributed by atoms with van der Waals surface area (Å²) in [6.45, 7) is 2.69. The van der Waals surface area contributed by atoms with E-state index in [1.807, 2.05) is 0 Å². The van der Waals surface area contributed by atoms with Gasteiger partial charge >= 0.3 is 17.9 Å². The number of ketones is 1. The lowest BCUT2D eigenvalue weighted by atomic mass is 10.00. The third kappa shape index (κ3) is 8.91. The Morgan fingerprint density at radius 2 is 2.03 bits per heavy atom. The Labute approximate surface area is 209 Å². The molecule has 1 atom stereocenters. The van der Waals surface area contributed by atoms with E-state index >= 15 is 0 Å². The first-order valence-electron chi connectivity index (χ1n) is 10.8. The van der Waals surface area contributed by atoms with Gasteiger partial charge in [0.05, 0.1) is 20.1 Å². The number of nitrogens with one attached hydrogen (secondary N) is 1. The molecule has 0 radical (unpaired) electrons. The Balaban J connectivity index is 2.05. The number of ether oxygens (including phenoxy) is 2. The maximum atomic E-state index is 12.8. The first kappa shape index (κ1) is 28.7. The van der Waals surface area contributed by atoms with Gasteiger partial charge in [-0.05, 0) is 43.5 Å². The van der Waals surface area contributed by atoms with Crippen LogP contribution in [0.5, 0.6) is 10.8 Å². The molecule has 0 saturated heterocycles. The lowest BCUT2D eigenvalue weighted by Crippen LogP contribution is -2.16. The molecule has 0 bridgehead atoms. The number of hydrogen-bond acceptors (Lipinski definition) is 8. The molecule has 8 nitrogen and oxygen atoms in total. The van der Waals surface area contributed by atoms with Crippen LogP contribution in [0, 0.1) is 0 Å². The second kappa shape index (κ2) is 13.0. The molecule has 2 N–H and O–H groups in total. The second-order valence-corrected chi connectivity index (χ2v) is 8.82. The SMILES string of the molecule is COC(=O)N/C=C/CCC(C)c1cc(O)c(C(=O)C(C)=Cc2ccc(OCCC(F)(F)F)s2)c(=O)o1. The number of rotatable bonds is 11. The minimum absolute atomic E-state index is 0.116. The highest BCUT2D eigenvalue weighted by Gasteiger charge is 2.27. The maximum Gasteiger partial charge on any atom is 0.410 e. The normalized spacial score (nSPS) is 13.0. The lowest BCUT2D eigenvalue weighted by molar-refractivity contribution is -0.139. The number of hydrogen-bond donors (Lipinski definition) is 2. The van der Waals surface area contributed by atoms with Gasteiger partial charge in [-0.1, -0.05) is 24.3 Å². The fraction of sp³-hybridized carbons (Fsp3) is 0.375. The number of allylic oxidation sites excluding steroid dienone is 2. The van der Waals surface area contributed by atoms with E-state index in [4.69, 9.17) is 9.15 Å². The van der Waals surface area contributed by atoms with Crippen molar-refractivity contribution in [3.8, 4) is 10.8 Å². The van der Waals surface area contributed by atoms with Crippen molar-refractivity contribution in [2.45, 2.75) is 45.2 Å². The fourth-order valence-electron chi connectivity index (χ4n) is 2.94. The molecule has 0 aromatic carbocycles. The van der Waals surface area contributed by atoms with E-state index in [1.54, 1.807) is 19.1 Å². The molecule has 196 valence electrons. The summed E-state index contributed by atoms with van der Waals surface area (Å²) in [6, 6.07) is 4.26. The van der Waals surface area contributed by atoms with Crippen LogP contribution in [0.15, 0.2) is 45.3 Å². The number of alkyl carbamates (subject to hydrolysis) is 1. The van der Waals surface area contributed by atoms with E-state index in [-0.39, 0.29) is 22.3 Å². The van der Waals surface area contributed by atoms with Crippen LogP contribution in [-0.2, 0) is 4.74 Å². The smallest absolute Gasteiger partial charge is 0.410 e. The Morgan fingerprint density at radius 1 is 1.31 bits per heavy atom. The molecule has 0 aliphatic heterocycles. The highest BCUT2D eigenvalue weighted by molar-refractivity contribution is 7.14. The fourth-order valence-corrected chi connectivity index (χ4v) is 3.82. The molecular formula is C24H26F3NO7S. The highest BCUT2D eigenvalue weighted by atomic mass is 32.1. The topological polar surface area (TPSA) is 115 Å². The van der Waals surface area contributed by atoms with Crippen molar-refractivity contribution >= 4 is 29.3 Å². The van der Waals surface area contributed by atoms with E-state index in [9.17, 15) is 32.7 Å². The summed E-state index contributed by atoms with van der Waals surface area (Å²) in [5, 5.41) is 13.0. The van der Waals surface area contributed by atoms with E-state index in [2.05, 4.69) is 10.1 Å². The molecule has 0 aliphatic carbocycles. The molecule has 0 saturated carbocycles. The lowest BCUT2D eigenvalue weighted by Gasteiger charge is -2.11. The molecule has 2 heterocycles. The van der Waals surface area contributed by atoms with Gasteiger partial charge in [-0.25, -0.2) is 9.59 Å². The van der Waals surface area contributed by atoms with Gasteiger partial charge in [-0.2, -0.15) is 13.2 Å². The summed E-state index contributed by atoms with van der Waals surface area (Å²) in [5.74, 6) is -1.33. The zero-order valence-corrected chi connectivity index (χ0v) is 20.6. The molecule has 1 amide bonds. The van der Waals surface area contributed by atoms with Crippen LogP contribution in [0.25, 0.3) is 6.08 Å². The van der Waals surface area contributed by atoms with Gasteiger partial charge in [-0.3, -0.25) is 10.1 Å². The summed E-state index contributed by atoms with van der Waals surface area (Å²) in [5.41, 5.74) is -1.38. The summed E-state index contributed by atoms with van der Waals surface area (Å²) in [7, 11) is 1.24. The molecule has 12 heteroatoms. The number of Topliss-reactive ketones (excluding diaryl/α,β-unsaturated/α-hetero) is 1. The van der Waals surface area contributed by atoms with Gasteiger partial charge in [0, 0.05) is 23.1 Å². The van der Waals surface area contributed by atoms with Gasteiger partial charge in [0.15, 0.2) is 10.8 Å². The third-order valence-electron chi connectivity index (χ3n) is 4.88. The van der Waals surface area contributed by atoms with Crippen molar-refractivity contribution in [2.75, 3.05) is 13.7 Å². The molecule has 2 rings (SSSR count). The Kier molecular flexibility index (Phi) is 10.3. The number of thiophene rings is 1. The minimum Gasteiger partial charge on any atom is -0.507 e. The van der Waals surface area contributed by atoms with Crippen molar-refractivity contribution in [1.29, 1.82) is 0 Å². The Hall–Kier alpha value is -3.54. The largest absolute Gasteiger partial charge is 0.507 e. The van der Waals surface area contributed by atoms with E-state index in [1.165, 1.54) is 38.4 Å². The first-order chi connectivity index (χ1) is 16.9. The molecule has 36 heavy (non-hydrogen) atoms. The number of amides is 1. The number of carbonyl (C=O) groups excluding carboxylic acids is 2. The standard InChI is InChI=1S/C24H26F3NO7S/c1-14(6-4-5-10-28-23(32)33-3)18-13-17(29)20(22(31)35-18)21(30)15(2)12-16-7-8-19(36-16)34-11-9-24(25,26)27/h5,7-8,10,12-14,29H,4,6,9,11H2,1-3H3,(H,28,32)/b10-5+,15-12?. The second-order valence-electron chi connectivity index (χ2n) is 7.74. The summed E-state index contributed by atoms with van der Waals surface area (Å²) in [6.07, 6.45) is -0.397. The highest BCUT2D eigenvalue weighted by Crippen LogP contribution is 2.29. The van der Waals surface area contributed by atoms with Gasteiger partial charge in [0.2, 0.25) is 0 Å². The third-order valence-corrected chi connectivity index (χ3v) is 5.83. The van der Waals surface area contributed by atoms with Crippen LogP contribution in [0.3, 0.4) is 0 Å². The van der Waals surface area contributed by atoms with Gasteiger partial charge < -0.3 is 19.0 Å². The molecule has 0 spiro atoms.